The molecule has 1 N–H and O–H groups in total. The summed E-state index contributed by atoms with van der Waals surface area (Å²) in [4.78, 5) is 0. The van der Waals surface area contributed by atoms with Gasteiger partial charge in [-0.15, -0.1) is 0 Å². The van der Waals surface area contributed by atoms with Crippen molar-refractivity contribution in [2.45, 2.75) is 32.9 Å². The number of aromatic nitrogens is 2. The van der Waals surface area contributed by atoms with Crippen molar-refractivity contribution >= 4 is 10.9 Å². The number of rotatable bonds is 2. The lowest BCUT2D eigenvalue weighted by molar-refractivity contribution is 0.0589. The number of hydrogen-bond acceptors (Lipinski definition) is 2. The highest BCUT2D eigenvalue weighted by molar-refractivity contribution is 5.80. The number of hydrogen-bond donors (Lipinski definition) is 1. The number of aryl methyl sites for hydroxylation is 1. The number of benzene rings is 1. The minimum absolute atomic E-state index is 0.0928. The van der Waals surface area contributed by atoms with Gasteiger partial charge in [0.2, 0.25) is 0 Å². The number of nitrogens with zero attached hydrogens (tertiary/aromatic N) is 2. The van der Waals surface area contributed by atoms with Gasteiger partial charge in [-0.1, -0.05) is 0 Å². The molecule has 0 spiro atoms. The van der Waals surface area contributed by atoms with Crippen LogP contribution in [-0.4, -0.2) is 20.5 Å². The topological polar surface area (TPSA) is 38.0 Å². The van der Waals surface area contributed by atoms with Crippen LogP contribution in [0, 0.1) is 18.6 Å². The molecule has 0 aliphatic rings. The minimum atomic E-state index is -1.03. The van der Waals surface area contributed by atoms with E-state index in [1.807, 2.05) is 0 Å². The quantitative estimate of drug-likeness (QED) is 0.875. The molecule has 5 heteroatoms. The maximum absolute atomic E-state index is 13.8. The molecule has 0 bridgehead atoms. The van der Waals surface area contributed by atoms with Gasteiger partial charge >= 0.3 is 0 Å². The molecule has 1 heterocycles. The second-order valence-corrected chi connectivity index (χ2v) is 4.87. The normalized spacial score (nSPS) is 12.4. The molecule has 0 aliphatic heterocycles. The predicted molar refractivity (Wildman–Crippen MR) is 60.7 cm³/mol. The van der Waals surface area contributed by atoms with Crippen molar-refractivity contribution in [1.82, 2.24) is 9.78 Å². The third-order valence-electron chi connectivity index (χ3n) is 2.52. The SMILES string of the molecule is Cc1cc2cnn(CC(C)(C)O)c2c(F)c1F. The molecular weight excluding hydrogens is 226 g/mol. The van der Waals surface area contributed by atoms with Crippen LogP contribution in [0.4, 0.5) is 8.78 Å². The molecule has 1 aromatic heterocycles. The van der Waals surface area contributed by atoms with Crippen molar-refractivity contribution < 1.29 is 13.9 Å². The summed E-state index contributed by atoms with van der Waals surface area (Å²) < 4.78 is 28.6. The van der Waals surface area contributed by atoms with E-state index >= 15 is 0 Å². The Balaban J connectivity index is 2.64. The summed E-state index contributed by atoms with van der Waals surface area (Å²) in [5.74, 6) is -1.78. The van der Waals surface area contributed by atoms with Crippen LogP contribution < -0.4 is 0 Å². The number of halogens is 2. The molecule has 0 saturated heterocycles. The molecule has 0 unspecified atom stereocenters. The van der Waals surface area contributed by atoms with E-state index in [1.165, 1.54) is 17.8 Å². The van der Waals surface area contributed by atoms with E-state index in [-0.39, 0.29) is 17.6 Å². The van der Waals surface area contributed by atoms with Gasteiger partial charge in [-0.2, -0.15) is 5.10 Å². The van der Waals surface area contributed by atoms with E-state index in [0.717, 1.165) is 0 Å². The van der Waals surface area contributed by atoms with Crippen LogP contribution in [0.1, 0.15) is 19.4 Å². The first-order valence-electron chi connectivity index (χ1n) is 5.32. The molecule has 0 amide bonds. The van der Waals surface area contributed by atoms with Gasteiger partial charge in [-0.3, -0.25) is 4.68 Å². The van der Waals surface area contributed by atoms with Crippen LogP contribution in [0.5, 0.6) is 0 Å². The molecular formula is C12H14F2N2O. The maximum atomic E-state index is 13.8. The Morgan fingerprint density at radius 3 is 2.59 bits per heavy atom. The molecule has 92 valence electrons. The van der Waals surface area contributed by atoms with Gasteiger partial charge < -0.3 is 5.11 Å². The third-order valence-corrected chi connectivity index (χ3v) is 2.52. The summed E-state index contributed by atoms with van der Waals surface area (Å²) in [6, 6.07) is 1.54. The molecule has 2 rings (SSSR count). The van der Waals surface area contributed by atoms with Crippen molar-refractivity contribution in [2.75, 3.05) is 0 Å². The van der Waals surface area contributed by atoms with Crippen LogP contribution in [0.3, 0.4) is 0 Å². The van der Waals surface area contributed by atoms with Crippen molar-refractivity contribution in [3.63, 3.8) is 0 Å². The first-order chi connectivity index (χ1) is 7.79. The first-order valence-corrected chi connectivity index (χ1v) is 5.32. The zero-order chi connectivity index (χ0) is 12.8. The average molecular weight is 240 g/mol. The van der Waals surface area contributed by atoms with E-state index < -0.39 is 17.2 Å². The Labute approximate surface area is 97.7 Å². The van der Waals surface area contributed by atoms with Gasteiger partial charge in [0.25, 0.3) is 0 Å². The third kappa shape index (κ3) is 2.15. The number of fused-ring (bicyclic) bond motifs is 1. The van der Waals surface area contributed by atoms with Crippen LogP contribution in [0.2, 0.25) is 0 Å². The van der Waals surface area contributed by atoms with Gasteiger partial charge in [0.05, 0.1) is 18.3 Å². The summed E-state index contributed by atoms with van der Waals surface area (Å²) in [6.45, 7) is 4.78. The van der Waals surface area contributed by atoms with Gasteiger partial charge in [0, 0.05) is 5.39 Å². The Morgan fingerprint density at radius 1 is 1.35 bits per heavy atom. The largest absolute Gasteiger partial charge is 0.389 e. The van der Waals surface area contributed by atoms with Crippen molar-refractivity contribution in [2.24, 2.45) is 0 Å². The second-order valence-electron chi connectivity index (χ2n) is 4.87. The molecule has 0 fully saturated rings. The van der Waals surface area contributed by atoms with Gasteiger partial charge in [0.15, 0.2) is 11.6 Å². The lowest BCUT2D eigenvalue weighted by atomic mass is 10.1. The highest BCUT2D eigenvalue weighted by Crippen LogP contribution is 2.24. The minimum Gasteiger partial charge on any atom is -0.389 e. The molecule has 0 aliphatic carbocycles. The molecule has 1 aromatic carbocycles. The van der Waals surface area contributed by atoms with Gasteiger partial charge in [-0.25, -0.2) is 8.78 Å². The summed E-state index contributed by atoms with van der Waals surface area (Å²) in [5, 5.41) is 14.2. The Morgan fingerprint density at radius 2 is 2.00 bits per heavy atom. The fraction of sp³-hybridized carbons (Fsp3) is 0.417. The van der Waals surface area contributed by atoms with Crippen LogP contribution >= 0.6 is 0 Å². The smallest absolute Gasteiger partial charge is 0.184 e. The predicted octanol–water partition coefficient (Wildman–Crippen LogP) is 2.39. The van der Waals surface area contributed by atoms with Gasteiger partial charge in [0.1, 0.15) is 5.52 Å². The highest BCUT2D eigenvalue weighted by Gasteiger charge is 2.20. The lowest BCUT2D eigenvalue weighted by Gasteiger charge is -2.17. The summed E-state index contributed by atoms with van der Waals surface area (Å²) in [5.41, 5.74) is -0.694. The van der Waals surface area contributed by atoms with Crippen molar-refractivity contribution in [3.05, 3.63) is 29.5 Å². The molecule has 0 radical (unpaired) electrons. The lowest BCUT2D eigenvalue weighted by Crippen LogP contribution is -2.26. The van der Waals surface area contributed by atoms with E-state index in [2.05, 4.69) is 5.10 Å². The summed E-state index contributed by atoms with van der Waals surface area (Å²) in [6.07, 6.45) is 1.47. The second kappa shape index (κ2) is 3.77. The molecule has 17 heavy (non-hydrogen) atoms. The molecule has 2 aromatic rings. The van der Waals surface area contributed by atoms with E-state index in [4.69, 9.17) is 0 Å². The fourth-order valence-electron chi connectivity index (χ4n) is 1.81. The van der Waals surface area contributed by atoms with E-state index in [9.17, 15) is 13.9 Å². The van der Waals surface area contributed by atoms with Crippen molar-refractivity contribution in [3.8, 4) is 0 Å². The first kappa shape index (κ1) is 12.0. The zero-order valence-corrected chi connectivity index (χ0v) is 9.96. The number of aliphatic hydroxyl groups is 1. The zero-order valence-electron chi connectivity index (χ0n) is 9.96. The van der Waals surface area contributed by atoms with Gasteiger partial charge in [-0.05, 0) is 32.4 Å². The molecule has 0 saturated carbocycles. The monoisotopic (exact) mass is 240 g/mol. The fourth-order valence-corrected chi connectivity index (χ4v) is 1.81. The summed E-state index contributed by atoms with van der Waals surface area (Å²) in [7, 11) is 0. The van der Waals surface area contributed by atoms with Crippen LogP contribution in [-0.2, 0) is 6.54 Å². The van der Waals surface area contributed by atoms with E-state index in [0.29, 0.717) is 5.39 Å². The molecule has 0 atom stereocenters. The van der Waals surface area contributed by atoms with E-state index in [1.54, 1.807) is 19.9 Å². The Bertz CT molecular complexity index is 570. The summed E-state index contributed by atoms with van der Waals surface area (Å²) >= 11 is 0. The van der Waals surface area contributed by atoms with Crippen LogP contribution in [0.25, 0.3) is 10.9 Å². The standard InChI is InChI=1S/C12H14F2N2O/c1-7-4-8-5-15-16(6-12(2,3)17)11(8)10(14)9(7)13/h4-5,17H,6H2,1-3H3. The average Bonchev–Trinajstić information content (AvgIpc) is 2.55. The molecule has 3 nitrogen and oxygen atoms in total. The Kier molecular flexibility index (Phi) is 2.66. The highest BCUT2D eigenvalue weighted by atomic mass is 19.2. The Hall–Kier alpha value is -1.49. The van der Waals surface area contributed by atoms with Crippen LogP contribution in [0.15, 0.2) is 12.3 Å². The maximum Gasteiger partial charge on any atom is 0.184 e. The van der Waals surface area contributed by atoms with Crippen molar-refractivity contribution in [1.29, 1.82) is 0 Å².